The number of ether oxygens (including phenoxy) is 1. The van der Waals surface area contributed by atoms with Crippen LogP contribution in [0.3, 0.4) is 0 Å². The van der Waals surface area contributed by atoms with Crippen molar-refractivity contribution in [3.8, 4) is 5.75 Å². The first-order valence-corrected chi connectivity index (χ1v) is 9.84. The van der Waals surface area contributed by atoms with Gasteiger partial charge in [-0.25, -0.2) is 9.78 Å². The molecule has 5 nitrogen and oxygen atoms in total. The lowest BCUT2D eigenvalue weighted by Gasteiger charge is -2.16. The summed E-state index contributed by atoms with van der Waals surface area (Å²) in [5.74, 6) is 0.838. The van der Waals surface area contributed by atoms with Crippen LogP contribution < -0.4 is 10.1 Å². The summed E-state index contributed by atoms with van der Waals surface area (Å²) in [7, 11) is 3.45. The second kappa shape index (κ2) is 7.86. The van der Waals surface area contributed by atoms with Crippen molar-refractivity contribution >= 4 is 38.4 Å². The van der Waals surface area contributed by atoms with Gasteiger partial charge < -0.3 is 15.0 Å². The van der Waals surface area contributed by atoms with Gasteiger partial charge in [0.15, 0.2) is 0 Å². The van der Waals surface area contributed by atoms with Gasteiger partial charge >= 0.3 is 6.03 Å². The van der Waals surface area contributed by atoms with Crippen LogP contribution >= 0.6 is 11.3 Å². The van der Waals surface area contributed by atoms with Gasteiger partial charge in [-0.1, -0.05) is 30.3 Å². The van der Waals surface area contributed by atoms with Crippen molar-refractivity contribution in [2.75, 3.05) is 14.2 Å². The highest BCUT2D eigenvalue weighted by Gasteiger charge is 2.12. The fourth-order valence-electron chi connectivity index (χ4n) is 3.09. The molecule has 0 unspecified atom stereocenters. The van der Waals surface area contributed by atoms with Crippen LogP contribution in [-0.4, -0.2) is 30.1 Å². The minimum absolute atomic E-state index is 0.117. The molecule has 2 amide bonds. The van der Waals surface area contributed by atoms with Crippen LogP contribution in [0.5, 0.6) is 5.75 Å². The monoisotopic (exact) mass is 391 g/mol. The molecule has 0 aliphatic carbocycles. The number of fused-ring (bicyclic) bond motifs is 2. The number of aromatic nitrogens is 1. The van der Waals surface area contributed by atoms with Crippen LogP contribution in [0.4, 0.5) is 4.79 Å². The van der Waals surface area contributed by atoms with E-state index in [9.17, 15) is 4.79 Å². The van der Waals surface area contributed by atoms with E-state index in [0.717, 1.165) is 37.3 Å². The number of thiazole rings is 1. The summed E-state index contributed by atoms with van der Waals surface area (Å²) in [5.41, 5.74) is 2.03. The summed E-state index contributed by atoms with van der Waals surface area (Å²) < 4.78 is 6.40. The third-order valence-electron chi connectivity index (χ3n) is 4.61. The molecule has 1 heterocycles. The second-order valence-corrected chi connectivity index (χ2v) is 7.75. The third-order valence-corrected chi connectivity index (χ3v) is 5.63. The standard InChI is InChI=1S/C22H21N3O2S/c1-25(14-21-24-19-5-3-4-6-20(19)28-21)22(26)23-13-15-7-8-17-12-18(27-2)10-9-16(17)11-15/h3-12H,13-14H2,1-2H3,(H,23,26). The number of hydrogen-bond acceptors (Lipinski definition) is 4. The second-order valence-electron chi connectivity index (χ2n) is 6.64. The number of para-hydroxylation sites is 1. The first kappa shape index (κ1) is 18.3. The van der Waals surface area contributed by atoms with Gasteiger partial charge in [0.1, 0.15) is 10.8 Å². The predicted molar refractivity (Wildman–Crippen MR) is 114 cm³/mol. The molecule has 0 saturated carbocycles. The van der Waals surface area contributed by atoms with Crippen LogP contribution in [-0.2, 0) is 13.1 Å². The SMILES string of the molecule is COc1ccc2cc(CNC(=O)N(C)Cc3nc4ccccc4s3)ccc2c1. The third kappa shape index (κ3) is 3.92. The molecule has 4 aromatic rings. The van der Waals surface area contributed by atoms with Crippen molar-refractivity contribution in [1.29, 1.82) is 0 Å². The lowest BCUT2D eigenvalue weighted by atomic mass is 10.1. The topological polar surface area (TPSA) is 54.5 Å². The Morgan fingerprint density at radius 3 is 2.71 bits per heavy atom. The molecule has 0 aliphatic rings. The molecule has 0 bridgehead atoms. The fraction of sp³-hybridized carbons (Fsp3) is 0.182. The Morgan fingerprint density at radius 2 is 1.89 bits per heavy atom. The highest BCUT2D eigenvalue weighted by atomic mass is 32.1. The minimum Gasteiger partial charge on any atom is -0.497 e. The largest absolute Gasteiger partial charge is 0.497 e. The van der Waals surface area contributed by atoms with Crippen LogP contribution in [0.1, 0.15) is 10.6 Å². The van der Waals surface area contributed by atoms with Crippen molar-refractivity contribution in [2.24, 2.45) is 0 Å². The number of nitrogens with zero attached hydrogens (tertiary/aromatic N) is 2. The summed E-state index contributed by atoms with van der Waals surface area (Å²) in [6, 6.07) is 20.0. The maximum atomic E-state index is 12.5. The minimum atomic E-state index is -0.117. The molecule has 4 rings (SSSR count). The van der Waals surface area contributed by atoms with Gasteiger partial charge in [-0.05, 0) is 46.7 Å². The number of amides is 2. The van der Waals surface area contributed by atoms with Gasteiger partial charge in [-0.3, -0.25) is 0 Å². The van der Waals surface area contributed by atoms with E-state index in [2.05, 4.69) is 16.4 Å². The quantitative estimate of drug-likeness (QED) is 0.532. The highest BCUT2D eigenvalue weighted by molar-refractivity contribution is 7.18. The lowest BCUT2D eigenvalue weighted by Crippen LogP contribution is -2.36. The fourth-order valence-corrected chi connectivity index (χ4v) is 4.11. The van der Waals surface area contributed by atoms with Gasteiger partial charge in [-0.2, -0.15) is 0 Å². The van der Waals surface area contributed by atoms with Crippen molar-refractivity contribution in [3.63, 3.8) is 0 Å². The molecule has 0 spiro atoms. The van der Waals surface area contributed by atoms with Gasteiger partial charge in [0.2, 0.25) is 0 Å². The Morgan fingerprint density at radius 1 is 1.11 bits per heavy atom. The van der Waals surface area contributed by atoms with E-state index in [1.54, 1.807) is 30.4 Å². The van der Waals surface area contributed by atoms with E-state index in [1.807, 2.05) is 54.6 Å². The number of carbonyl (C=O) groups excluding carboxylic acids is 1. The van der Waals surface area contributed by atoms with E-state index < -0.39 is 0 Å². The Hall–Kier alpha value is -3.12. The Kier molecular flexibility index (Phi) is 5.12. The molecule has 1 aromatic heterocycles. The number of benzene rings is 3. The lowest BCUT2D eigenvalue weighted by molar-refractivity contribution is 0.206. The van der Waals surface area contributed by atoms with Crippen molar-refractivity contribution in [1.82, 2.24) is 15.2 Å². The molecule has 28 heavy (non-hydrogen) atoms. The zero-order valence-electron chi connectivity index (χ0n) is 15.8. The average molecular weight is 391 g/mol. The number of nitrogens with one attached hydrogen (secondary N) is 1. The van der Waals surface area contributed by atoms with E-state index >= 15 is 0 Å². The van der Waals surface area contributed by atoms with Crippen molar-refractivity contribution in [2.45, 2.75) is 13.1 Å². The Labute approximate surface area is 167 Å². The van der Waals surface area contributed by atoms with Crippen LogP contribution in [0.25, 0.3) is 21.0 Å². The van der Waals surface area contributed by atoms with Crippen LogP contribution in [0, 0.1) is 0 Å². The number of hydrogen-bond donors (Lipinski definition) is 1. The summed E-state index contributed by atoms with van der Waals surface area (Å²) in [5, 5.41) is 6.14. The normalized spacial score (nSPS) is 10.9. The summed E-state index contributed by atoms with van der Waals surface area (Å²) in [6.07, 6.45) is 0. The zero-order valence-corrected chi connectivity index (χ0v) is 16.6. The van der Waals surface area contributed by atoms with Crippen LogP contribution in [0.2, 0.25) is 0 Å². The van der Waals surface area contributed by atoms with Gasteiger partial charge in [-0.15, -0.1) is 11.3 Å². The van der Waals surface area contributed by atoms with Crippen molar-refractivity contribution < 1.29 is 9.53 Å². The van der Waals surface area contributed by atoms with Gasteiger partial charge in [0.05, 0.1) is 23.9 Å². The number of methoxy groups -OCH3 is 1. The summed E-state index contributed by atoms with van der Waals surface area (Å²) in [4.78, 5) is 18.7. The molecule has 1 N–H and O–H groups in total. The molecular formula is C22H21N3O2S. The molecule has 6 heteroatoms. The number of rotatable bonds is 5. The molecule has 0 atom stereocenters. The maximum Gasteiger partial charge on any atom is 0.317 e. The first-order chi connectivity index (χ1) is 13.6. The van der Waals surface area contributed by atoms with Crippen LogP contribution in [0.15, 0.2) is 60.7 Å². The average Bonchev–Trinajstić information content (AvgIpc) is 3.13. The Bertz CT molecular complexity index is 1110. The Balaban J connectivity index is 1.38. The molecule has 0 radical (unpaired) electrons. The van der Waals surface area contributed by atoms with Crippen molar-refractivity contribution in [3.05, 3.63) is 71.2 Å². The molecule has 142 valence electrons. The summed E-state index contributed by atoms with van der Waals surface area (Å²) >= 11 is 1.62. The molecule has 0 fully saturated rings. The predicted octanol–water partition coefficient (Wildman–Crippen LogP) is 4.80. The molecule has 0 saturated heterocycles. The summed E-state index contributed by atoms with van der Waals surface area (Å²) in [6.45, 7) is 0.966. The molecule has 0 aliphatic heterocycles. The van der Waals surface area contributed by atoms with Gasteiger partial charge in [0, 0.05) is 13.6 Å². The van der Waals surface area contributed by atoms with Gasteiger partial charge in [0.25, 0.3) is 0 Å². The van der Waals surface area contributed by atoms with E-state index in [4.69, 9.17) is 4.74 Å². The highest BCUT2D eigenvalue weighted by Crippen LogP contribution is 2.23. The van der Waals surface area contributed by atoms with E-state index in [0.29, 0.717) is 13.1 Å². The first-order valence-electron chi connectivity index (χ1n) is 9.02. The maximum absolute atomic E-state index is 12.5. The smallest absolute Gasteiger partial charge is 0.317 e. The zero-order chi connectivity index (χ0) is 19.5. The molecular weight excluding hydrogens is 370 g/mol. The number of carbonyl (C=O) groups is 1. The number of urea groups is 1. The van der Waals surface area contributed by atoms with E-state index in [-0.39, 0.29) is 6.03 Å². The molecule has 3 aromatic carbocycles. The van der Waals surface area contributed by atoms with E-state index in [1.165, 1.54) is 0 Å².